The third-order valence-electron chi connectivity index (χ3n) is 2.37. The van der Waals surface area contributed by atoms with Crippen molar-refractivity contribution >= 4 is 23.4 Å². The van der Waals surface area contributed by atoms with Gasteiger partial charge in [0.05, 0.1) is 5.69 Å². The smallest absolute Gasteiger partial charge is 0.405 e. The third kappa shape index (κ3) is 2.27. The van der Waals surface area contributed by atoms with Gasteiger partial charge in [-0.2, -0.15) is 0 Å². The Hall–Kier alpha value is -2.31. The standard InChI is InChI=1S/C10H10FN3O3/c11-5-2-1-3-6-8(5)14-9(15)7(4-12-6)13-10(16)17/h1-3,7,12-13H,4H2,(H,14,15)(H,16,17). The Kier molecular flexibility index (Phi) is 2.82. The van der Waals surface area contributed by atoms with Crippen molar-refractivity contribution in [3.63, 3.8) is 0 Å². The van der Waals surface area contributed by atoms with E-state index < -0.39 is 23.9 Å². The number of rotatable bonds is 1. The molecule has 1 aliphatic heterocycles. The van der Waals surface area contributed by atoms with Crippen LogP contribution in [0, 0.1) is 5.82 Å². The highest BCUT2D eigenvalue weighted by Gasteiger charge is 2.25. The monoisotopic (exact) mass is 239 g/mol. The fourth-order valence-electron chi connectivity index (χ4n) is 1.58. The van der Waals surface area contributed by atoms with Crippen LogP contribution in [0.15, 0.2) is 18.2 Å². The van der Waals surface area contributed by atoms with E-state index in [1.54, 1.807) is 6.07 Å². The van der Waals surface area contributed by atoms with Crippen molar-refractivity contribution < 1.29 is 19.1 Å². The Labute approximate surface area is 95.8 Å². The lowest BCUT2D eigenvalue weighted by Gasteiger charge is -2.12. The van der Waals surface area contributed by atoms with Gasteiger partial charge in [-0.1, -0.05) is 6.07 Å². The highest BCUT2D eigenvalue weighted by molar-refractivity contribution is 6.00. The molecule has 0 aliphatic carbocycles. The van der Waals surface area contributed by atoms with Crippen LogP contribution in [0.5, 0.6) is 0 Å². The van der Waals surface area contributed by atoms with Crippen LogP contribution in [0.1, 0.15) is 0 Å². The van der Waals surface area contributed by atoms with Crippen LogP contribution in [0.2, 0.25) is 0 Å². The van der Waals surface area contributed by atoms with Crippen LogP contribution in [-0.2, 0) is 4.79 Å². The third-order valence-corrected chi connectivity index (χ3v) is 2.37. The quantitative estimate of drug-likeness (QED) is 0.584. The fourth-order valence-corrected chi connectivity index (χ4v) is 1.58. The molecule has 0 fully saturated rings. The summed E-state index contributed by atoms with van der Waals surface area (Å²) in [6, 6.07) is 3.35. The summed E-state index contributed by atoms with van der Waals surface area (Å²) in [5, 5.41) is 15.7. The van der Waals surface area contributed by atoms with E-state index in [4.69, 9.17) is 5.11 Å². The summed E-state index contributed by atoms with van der Waals surface area (Å²) >= 11 is 0. The molecule has 1 aromatic rings. The van der Waals surface area contributed by atoms with E-state index in [0.29, 0.717) is 5.69 Å². The predicted octanol–water partition coefficient (Wildman–Crippen LogP) is 0.826. The maximum absolute atomic E-state index is 13.4. The molecule has 1 unspecified atom stereocenters. The van der Waals surface area contributed by atoms with Crippen LogP contribution >= 0.6 is 0 Å². The molecule has 0 saturated carbocycles. The lowest BCUT2D eigenvalue weighted by atomic mass is 10.2. The minimum absolute atomic E-state index is 0.0344. The van der Waals surface area contributed by atoms with Gasteiger partial charge in [-0.15, -0.1) is 0 Å². The second kappa shape index (κ2) is 4.28. The second-order valence-corrected chi connectivity index (χ2v) is 3.53. The number of hydrogen-bond acceptors (Lipinski definition) is 3. The molecule has 2 amide bonds. The van der Waals surface area contributed by atoms with Crippen molar-refractivity contribution in [1.82, 2.24) is 5.32 Å². The van der Waals surface area contributed by atoms with Gasteiger partial charge >= 0.3 is 6.09 Å². The van der Waals surface area contributed by atoms with Crippen LogP contribution < -0.4 is 16.0 Å². The number of carbonyl (C=O) groups is 2. The summed E-state index contributed by atoms with van der Waals surface area (Å²) in [5.74, 6) is -1.16. The summed E-state index contributed by atoms with van der Waals surface area (Å²) in [5.41, 5.74) is 0.459. The molecule has 7 heteroatoms. The summed E-state index contributed by atoms with van der Waals surface area (Å²) in [6.07, 6.45) is -1.31. The SMILES string of the molecule is O=C(O)NC1CNc2cccc(F)c2NC1=O. The van der Waals surface area contributed by atoms with Crippen LogP contribution in [0.25, 0.3) is 0 Å². The molecule has 0 radical (unpaired) electrons. The van der Waals surface area contributed by atoms with E-state index in [9.17, 15) is 14.0 Å². The molecule has 1 aromatic carbocycles. The van der Waals surface area contributed by atoms with Gasteiger partial charge in [0, 0.05) is 6.54 Å². The van der Waals surface area contributed by atoms with E-state index in [1.807, 2.05) is 5.32 Å². The molecule has 1 heterocycles. The predicted molar refractivity (Wildman–Crippen MR) is 58.5 cm³/mol. The zero-order valence-corrected chi connectivity index (χ0v) is 8.66. The number of anilines is 2. The van der Waals surface area contributed by atoms with Crippen LogP contribution in [0.3, 0.4) is 0 Å². The number of hydrogen-bond donors (Lipinski definition) is 4. The summed E-state index contributed by atoms with van der Waals surface area (Å²) < 4.78 is 13.4. The topological polar surface area (TPSA) is 90.5 Å². The number of carboxylic acid groups (broad SMARTS) is 1. The van der Waals surface area contributed by atoms with E-state index in [2.05, 4.69) is 10.6 Å². The van der Waals surface area contributed by atoms with E-state index >= 15 is 0 Å². The maximum Gasteiger partial charge on any atom is 0.405 e. The van der Waals surface area contributed by atoms with Crippen LogP contribution in [0.4, 0.5) is 20.6 Å². The first-order valence-electron chi connectivity index (χ1n) is 4.90. The molecule has 1 aliphatic rings. The Bertz CT molecular complexity index is 478. The van der Waals surface area contributed by atoms with Gasteiger partial charge in [-0.05, 0) is 12.1 Å². The number of benzene rings is 1. The second-order valence-electron chi connectivity index (χ2n) is 3.53. The number of fused-ring (bicyclic) bond motifs is 1. The molecule has 6 nitrogen and oxygen atoms in total. The zero-order chi connectivity index (χ0) is 12.4. The highest BCUT2D eigenvalue weighted by atomic mass is 19.1. The molecule has 0 saturated heterocycles. The van der Waals surface area contributed by atoms with E-state index in [0.717, 1.165) is 0 Å². The van der Waals surface area contributed by atoms with Gasteiger partial charge in [0.2, 0.25) is 5.91 Å². The Morgan fingerprint density at radius 3 is 3.00 bits per heavy atom. The first-order chi connectivity index (χ1) is 8.08. The molecule has 0 bridgehead atoms. The normalized spacial score (nSPS) is 18.4. The van der Waals surface area contributed by atoms with E-state index in [1.165, 1.54) is 12.1 Å². The van der Waals surface area contributed by atoms with Crippen molar-refractivity contribution in [2.24, 2.45) is 0 Å². The molecular weight excluding hydrogens is 229 g/mol. The van der Waals surface area contributed by atoms with E-state index in [-0.39, 0.29) is 12.2 Å². The average Bonchev–Trinajstić information content (AvgIpc) is 2.41. The molecule has 0 aromatic heterocycles. The number of nitrogens with one attached hydrogen (secondary N) is 3. The minimum atomic E-state index is -1.31. The van der Waals surface area contributed by atoms with Crippen molar-refractivity contribution in [2.45, 2.75) is 6.04 Å². The molecule has 0 spiro atoms. The highest BCUT2D eigenvalue weighted by Crippen LogP contribution is 2.26. The Morgan fingerprint density at radius 1 is 1.53 bits per heavy atom. The number of amides is 2. The largest absolute Gasteiger partial charge is 0.465 e. The van der Waals surface area contributed by atoms with Crippen molar-refractivity contribution in [3.8, 4) is 0 Å². The number of para-hydroxylation sites is 1. The van der Waals surface area contributed by atoms with Crippen molar-refractivity contribution in [3.05, 3.63) is 24.0 Å². The van der Waals surface area contributed by atoms with Gasteiger partial charge in [-0.3, -0.25) is 4.79 Å². The average molecular weight is 239 g/mol. The lowest BCUT2D eigenvalue weighted by Crippen LogP contribution is -2.46. The molecular formula is C10H10FN3O3. The number of carbonyl (C=O) groups excluding carboxylic acids is 1. The van der Waals surface area contributed by atoms with Crippen molar-refractivity contribution in [2.75, 3.05) is 17.2 Å². The maximum atomic E-state index is 13.4. The summed E-state index contributed by atoms with van der Waals surface area (Å²) in [6.45, 7) is 0.0641. The van der Waals surface area contributed by atoms with Gasteiger partial charge in [0.1, 0.15) is 17.5 Å². The first kappa shape index (κ1) is 11.2. The van der Waals surface area contributed by atoms with Gasteiger partial charge in [-0.25, -0.2) is 9.18 Å². The summed E-state index contributed by atoms with van der Waals surface area (Å²) in [4.78, 5) is 22.1. The molecule has 1 atom stereocenters. The van der Waals surface area contributed by atoms with Gasteiger partial charge < -0.3 is 21.1 Å². The van der Waals surface area contributed by atoms with Crippen molar-refractivity contribution in [1.29, 1.82) is 0 Å². The van der Waals surface area contributed by atoms with Gasteiger partial charge in [0.15, 0.2) is 0 Å². The zero-order valence-electron chi connectivity index (χ0n) is 8.66. The Balaban J connectivity index is 2.25. The Morgan fingerprint density at radius 2 is 2.29 bits per heavy atom. The summed E-state index contributed by atoms with van der Waals surface area (Å²) in [7, 11) is 0. The molecule has 17 heavy (non-hydrogen) atoms. The lowest BCUT2D eigenvalue weighted by molar-refractivity contribution is -0.117. The fraction of sp³-hybridized carbons (Fsp3) is 0.200. The molecule has 90 valence electrons. The molecule has 4 N–H and O–H groups in total. The first-order valence-corrected chi connectivity index (χ1v) is 4.90. The molecule has 2 rings (SSSR count). The van der Waals surface area contributed by atoms with Crippen LogP contribution in [-0.4, -0.2) is 29.7 Å². The minimum Gasteiger partial charge on any atom is -0.465 e. The van der Waals surface area contributed by atoms with Gasteiger partial charge in [0.25, 0.3) is 0 Å². The number of halogens is 1.